The first-order chi connectivity index (χ1) is 8.44. The van der Waals surface area contributed by atoms with E-state index >= 15 is 0 Å². The number of carbonyl (C=O) groups is 1. The molecule has 1 rings (SSSR count). The second kappa shape index (κ2) is 6.52. The maximum Gasteiger partial charge on any atom is 0.237 e. The van der Waals surface area contributed by atoms with Gasteiger partial charge in [0.2, 0.25) is 5.91 Å². The zero-order valence-corrected chi connectivity index (χ0v) is 11.0. The molecule has 0 heterocycles. The Labute approximate surface area is 108 Å². The van der Waals surface area contributed by atoms with Crippen molar-refractivity contribution >= 4 is 5.91 Å². The molecular weight excluding hydrogens is 228 g/mol. The molecule has 0 aliphatic carbocycles. The van der Waals surface area contributed by atoms with Crippen LogP contribution >= 0.6 is 0 Å². The number of rotatable bonds is 6. The van der Waals surface area contributed by atoms with E-state index in [0.717, 1.165) is 5.56 Å². The van der Waals surface area contributed by atoms with Crippen LogP contribution in [-0.4, -0.2) is 30.2 Å². The molecule has 1 atom stereocenters. The average Bonchev–Trinajstić information content (AvgIpc) is 2.37. The molecule has 1 aromatic rings. The summed E-state index contributed by atoms with van der Waals surface area (Å²) in [6, 6.07) is 9.12. The standard InChI is InChI=1S/C14H22N2O2/c1-14(2,10-17)9-16-13(18)12(15)8-11-6-4-3-5-7-11/h3-7,12,17H,8-10,15H2,1-2H3,(H,16,18)/t12-/m1/s1. The third kappa shape index (κ3) is 4.85. The van der Waals surface area contributed by atoms with Crippen LogP contribution in [0.1, 0.15) is 19.4 Å². The lowest BCUT2D eigenvalue weighted by molar-refractivity contribution is -0.122. The first kappa shape index (κ1) is 14.7. The molecule has 0 spiro atoms. The Morgan fingerprint density at radius 3 is 2.56 bits per heavy atom. The minimum atomic E-state index is -0.554. The summed E-state index contributed by atoms with van der Waals surface area (Å²) >= 11 is 0. The molecule has 1 amide bonds. The molecule has 0 aliphatic heterocycles. The van der Waals surface area contributed by atoms with Crippen molar-refractivity contribution in [3.8, 4) is 0 Å². The van der Waals surface area contributed by atoms with Gasteiger partial charge in [0.25, 0.3) is 0 Å². The Morgan fingerprint density at radius 1 is 1.39 bits per heavy atom. The van der Waals surface area contributed by atoms with E-state index in [2.05, 4.69) is 5.32 Å². The van der Waals surface area contributed by atoms with Crippen LogP contribution in [0.2, 0.25) is 0 Å². The topological polar surface area (TPSA) is 75.3 Å². The largest absolute Gasteiger partial charge is 0.396 e. The molecule has 4 N–H and O–H groups in total. The van der Waals surface area contributed by atoms with Crippen molar-refractivity contribution < 1.29 is 9.90 Å². The van der Waals surface area contributed by atoms with Crippen LogP contribution in [0, 0.1) is 5.41 Å². The number of hydrogen-bond acceptors (Lipinski definition) is 3. The minimum Gasteiger partial charge on any atom is -0.396 e. The van der Waals surface area contributed by atoms with Gasteiger partial charge in [0.05, 0.1) is 6.04 Å². The molecule has 0 aliphatic rings. The van der Waals surface area contributed by atoms with E-state index in [-0.39, 0.29) is 17.9 Å². The highest BCUT2D eigenvalue weighted by molar-refractivity contribution is 5.81. The van der Waals surface area contributed by atoms with E-state index < -0.39 is 6.04 Å². The molecule has 1 aromatic carbocycles. The van der Waals surface area contributed by atoms with Gasteiger partial charge in [-0.1, -0.05) is 44.2 Å². The lowest BCUT2D eigenvalue weighted by atomic mass is 9.95. The molecule has 4 heteroatoms. The maximum absolute atomic E-state index is 11.8. The Bertz CT molecular complexity index is 377. The quantitative estimate of drug-likeness (QED) is 0.695. The van der Waals surface area contributed by atoms with Gasteiger partial charge >= 0.3 is 0 Å². The third-order valence-electron chi connectivity index (χ3n) is 2.80. The molecule has 0 fully saturated rings. The fraction of sp³-hybridized carbons (Fsp3) is 0.500. The fourth-order valence-corrected chi connectivity index (χ4v) is 1.47. The van der Waals surface area contributed by atoms with Gasteiger partial charge in [0, 0.05) is 18.6 Å². The van der Waals surface area contributed by atoms with Crippen molar-refractivity contribution in [1.82, 2.24) is 5.32 Å². The summed E-state index contributed by atoms with van der Waals surface area (Å²) in [5.41, 5.74) is 6.57. The number of amides is 1. The third-order valence-corrected chi connectivity index (χ3v) is 2.80. The summed E-state index contributed by atoms with van der Waals surface area (Å²) in [4.78, 5) is 11.8. The van der Waals surface area contributed by atoms with E-state index in [0.29, 0.717) is 13.0 Å². The lowest BCUT2D eigenvalue weighted by Crippen LogP contribution is -2.45. The van der Waals surface area contributed by atoms with Crippen LogP contribution in [0.15, 0.2) is 30.3 Å². The van der Waals surface area contributed by atoms with Gasteiger partial charge in [-0.3, -0.25) is 4.79 Å². The summed E-state index contributed by atoms with van der Waals surface area (Å²) in [5.74, 6) is -0.180. The SMILES string of the molecule is CC(C)(CO)CNC(=O)[C@H](N)Cc1ccccc1. The molecule has 0 saturated heterocycles. The smallest absolute Gasteiger partial charge is 0.237 e. The predicted molar refractivity (Wildman–Crippen MR) is 72.0 cm³/mol. The number of hydrogen-bond donors (Lipinski definition) is 3. The van der Waals surface area contributed by atoms with Gasteiger partial charge in [-0.2, -0.15) is 0 Å². The fourth-order valence-electron chi connectivity index (χ4n) is 1.47. The first-order valence-corrected chi connectivity index (χ1v) is 6.13. The monoisotopic (exact) mass is 250 g/mol. The highest BCUT2D eigenvalue weighted by Gasteiger charge is 2.20. The van der Waals surface area contributed by atoms with Crippen molar-refractivity contribution in [3.63, 3.8) is 0 Å². The van der Waals surface area contributed by atoms with Gasteiger partial charge in [-0.05, 0) is 12.0 Å². The second-order valence-electron chi connectivity index (χ2n) is 5.34. The van der Waals surface area contributed by atoms with Crippen molar-refractivity contribution in [3.05, 3.63) is 35.9 Å². The molecule has 0 unspecified atom stereocenters. The maximum atomic E-state index is 11.8. The van der Waals surface area contributed by atoms with Crippen molar-refractivity contribution in [1.29, 1.82) is 0 Å². The van der Waals surface area contributed by atoms with E-state index in [1.165, 1.54) is 0 Å². The van der Waals surface area contributed by atoms with Gasteiger partial charge < -0.3 is 16.2 Å². The van der Waals surface area contributed by atoms with Gasteiger partial charge in [0.1, 0.15) is 0 Å². The normalized spacial score (nSPS) is 13.1. The molecule has 100 valence electrons. The summed E-state index contributed by atoms with van der Waals surface area (Å²) in [6.07, 6.45) is 0.520. The van der Waals surface area contributed by atoms with Crippen molar-refractivity contribution in [2.75, 3.05) is 13.2 Å². The molecule has 18 heavy (non-hydrogen) atoms. The summed E-state index contributed by atoms with van der Waals surface area (Å²) in [7, 11) is 0. The summed E-state index contributed by atoms with van der Waals surface area (Å²) in [5, 5.41) is 11.9. The van der Waals surface area contributed by atoms with Crippen LogP contribution in [0.5, 0.6) is 0 Å². The number of nitrogens with one attached hydrogen (secondary N) is 1. The minimum absolute atomic E-state index is 0.0290. The van der Waals surface area contributed by atoms with Crippen LogP contribution in [0.4, 0.5) is 0 Å². The summed E-state index contributed by atoms with van der Waals surface area (Å²) in [6.45, 7) is 4.22. The zero-order chi connectivity index (χ0) is 13.6. The highest BCUT2D eigenvalue weighted by Crippen LogP contribution is 2.11. The number of benzene rings is 1. The van der Waals surface area contributed by atoms with Crippen molar-refractivity contribution in [2.24, 2.45) is 11.1 Å². The van der Waals surface area contributed by atoms with Crippen molar-refractivity contribution in [2.45, 2.75) is 26.3 Å². The van der Waals surface area contributed by atoms with Crippen LogP contribution < -0.4 is 11.1 Å². The van der Waals surface area contributed by atoms with Crippen LogP contribution in [0.25, 0.3) is 0 Å². The predicted octanol–water partition coefficient (Wildman–Crippen LogP) is 0.691. The first-order valence-electron chi connectivity index (χ1n) is 6.13. The molecule has 4 nitrogen and oxygen atoms in total. The van der Waals surface area contributed by atoms with E-state index in [9.17, 15) is 4.79 Å². The Balaban J connectivity index is 2.43. The van der Waals surface area contributed by atoms with Crippen LogP contribution in [-0.2, 0) is 11.2 Å². The zero-order valence-electron chi connectivity index (χ0n) is 11.0. The highest BCUT2D eigenvalue weighted by atomic mass is 16.3. The number of carbonyl (C=O) groups excluding carboxylic acids is 1. The average molecular weight is 250 g/mol. The number of aliphatic hydroxyl groups is 1. The van der Waals surface area contributed by atoms with Crippen LogP contribution in [0.3, 0.4) is 0 Å². The summed E-state index contributed by atoms with van der Waals surface area (Å²) < 4.78 is 0. The molecule has 0 saturated carbocycles. The Kier molecular flexibility index (Phi) is 5.31. The molecular formula is C14H22N2O2. The van der Waals surface area contributed by atoms with E-state index in [1.807, 2.05) is 44.2 Å². The Hall–Kier alpha value is -1.39. The molecule has 0 radical (unpaired) electrons. The van der Waals surface area contributed by atoms with Gasteiger partial charge in [0.15, 0.2) is 0 Å². The molecule has 0 aromatic heterocycles. The lowest BCUT2D eigenvalue weighted by Gasteiger charge is -2.23. The second-order valence-corrected chi connectivity index (χ2v) is 5.34. The molecule has 0 bridgehead atoms. The van der Waals surface area contributed by atoms with E-state index in [1.54, 1.807) is 0 Å². The number of aliphatic hydroxyl groups excluding tert-OH is 1. The van der Waals surface area contributed by atoms with E-state index in [4.69, 9.17) is 10.8 Å². The number of nitrogens with two attached hydrogens (primary N) is 1. The Morgan fingerprint density at radius 2 is 2.00 bits per heavy atom. The van der Waals surface area contributed by atoms with Gasteiger partial charge in [-0.15, -0.1) is 0 Å². The van der Waals surface area contributed by atoms with Gasteiger partial charge in [-0.25, -0.2) is 0 Å².